The van der Waals surface area contributed by atoms with Crippen LogP contribution in [0.25, 0.3) is 0 Å². The zero-order valence-electron chi connectivity index (χ0n) is 9.92. The summed E-state index contributed by atoms with van der Waals surface area (Å²) in [7, 11) is 0. The Kier molecular flexibility index (Phi) is 4.46. The fourth-order valence-corrected chi connectivity index (χ4v) is 1.43. The number of anilines is 1. The molecule has 1 unspecified atom stereocenters. The fourth-order valence-electron chi connectivity index (χ4n) is 1.43. The smallest absolute Gasteiger partial charge is 0.308 e. The number of aromatic nitrogens is 1. The maximum atomic E-state index is 10.8. The van der Waals surface area contributed by atoms with Crippen LogP contribution in [0.1, 0.15) is 12.5 Å². The molecule has 0 aliphatic heterocycles. The second-order valence-electron chi connectivity index (χ2n) is 3.97. The molecule has 17 heavy (non-hydrogen) atoms. The molecule has 0 saturated carbocycles. The van der Waals surface area contributed by atoms with Gasteiger partial charge >= 0.3 is 5.97 Å². The minimum Gasteiger partial charge on any atom is -0.481 e. The van der Waals surface area contributed by atoms with E-state index in [0.29, 0.717) is 5.82 Å². The molecular formula is C12H15N3O2. The third-order valence-electron chi connectivity index (χ3n) is 2.40. The van der Waals surface area contributed by atoms with Crippen molar-refractivity contribution in [2.45, 2.75) is 13.8 Å². The number of rotatable bonds is 5. The minimum atomic E-state index is -0.874. The van der Waals surface area contributed by atoms with Gasteiger partial charge in [-0.1, -0.05) is 6.92 Å². The van der Waals surface area contributed by atoms with Gasteiger partial charge in [-0.2, -0.15) is 5.26 Å². The number of nitriles is 1. The van der Waals surface area contributed by atoms with E-state index in [0.717, 1.165) is 5.56 Å². The summed E-state index contributed by atoms with van der Waals surface area (Å²) in [5.41, 5.74) is 1.03. The molecule has 5 heteroatoms. The number of hydrogen-bond acceptors (Lipinski definition) is 4. The van der Waals surface area contributed by atoms with Crippen LogP contribution in [0.4, 0.5) is 5.82 Å². The number of pyridine rings is 1. The average molecular weight is 233 g/mol. The molecule has 0 saturated heterocycles. The summed E-state index contributed by atoms with van der Waals surface area (Å²) in [6.45, 7) is 3.95. The van der Waals surface area contributed by atoms with E-state index in [1.165, 1.54) is 0 Å². The van der Waals surface area contributed by atoms with Gasteiger partial charge in [0, 0.05) is 12.7 Å². The molecule has 0 fully saturated rings. The molecule has 0 aromatic carbocycles. The zero-order chi connectivity index (χ0) is 12.8. The lowest BCUT2D eigenvalue weighted by atomic mass is 10.1. The topological polar surface area (TPSA) is 77.2 Å². The van der Waals surface area contributed by atoms with Gasteiger partial charge in [-0.25, -0.2) is 4.98 Å². The summed E-state index contributed by atoms with van der Waals surface area (Å²) in [5.74, 6) is -0.772. The zero-order valence-corrected chi connectivity index (χ0v) is 9.92. The number of carbonyl (C=O) groups is 1. The van der Waals surface area contributed by atoms with Crippen LogP contribution < -0.4 is 4.90 Å². The van der Waals surface area contributed by atoms with Gasteiger partial charge in [0.25, 0.3) is 0 Å². The summed E-state index contributed by atoms with van der Waals surface area (Å²) in [6, 6.07) is 5.72. The normalized spacial score (nSPS) is 11.6. The summed E-state index contributed by atoms with van der Waals surface area (Å²) in [6.07, 6.45) is 1.65. The van der Waals surface area contributed by atoms with Crippen molar-refractivity contribution >= 4 is 11.8 Å². The molecule has 0 bridgehead atoms. The number of aryl methyl sites for hydroxylation is 1. The van der Waals surface area contributed by atoms with E-state index in [2.05, 4.69) is 4.98 Å². The predicted molar refractivity (Wildman–Crippen MR) is 63.6 cm³/mol. The molecule has 1 aromatic rings. The first-order chi connectivity index (χ1) is 8.04. The SMILES string of the molecule is Cc1ccnc(N(CC#N)CC(C)C(=O)O)c1. The van der Waals surface area contributed by atoms with Crippen molar-refractivity contribution in [1.82, 2.24) is 4.98 Å². The maximum Gasteiger partial charge on any atom is 0.308 e. The van der Waals surface area contributed by atoms with Crippen molar-refractivity contribution in [3.05, 3.63) is 23.9 Å². The van der Waals surface area contributed by atoms with Crippen LogP contribution in [0.15, 0.2) is 18.3 Å². The molecule has 0 aliphatic rings. The van der Waals surface area contributed by atoms with Crippen LogP contribution in [0.3, 0.4) is 0 Å². The monoisotopic (exact) mass is 233 g/mol. The quantitative estimate of drug-likeness (QED) is 0.779. The third-order valence-corrected chi connectivity index (χ3v) is 2.40. The van der Waals surface area contributed by atoms with Crippen LogP contribution in [0.5, 0.6) is 0 Å². The van der Waals surface area contributed by atoms with Crippen LogP contribution in [0.2, 0.25) is 0 Å². The number of hydrogen-bond donors (Lipinski definition) is 1. The first-order valence-corrected chi connectivity index (χ1v) is 5.32. The Morgan fingerprint density at radius 2 is 2.41 bits per heavy atom. The molecule has 0 amide bonds. The Labute approximate surface area is 100 Å². The van der Waals surface area contributed by atoms with Crippen LogP contribution >= 0.6 is 0 Å². The second-order valence-corrected chi connectivity index (χ2v) is 3.97. The number of carboxylic acid groups (broad SMARTS) is 1. The summed E-state index contributed by atoms with van der Waals surface area (Å²) in [5, 5.41) is 17.6. The summed E-state index contributed by atoms with van der Waals surface area (Å²) in [4.78, 5) is 16.6. The Balaban J connectivity index is 2.86. The van der Waals surface area contributed by atoms with Gasteiger partial charge in [0.05, 0.1) is 12.0 Å². The van der Waals surface area contributed by atoms with E-state index in [-0.39, 0.29) is 13.1 Å². The lowest BCUT2D eigenvalue weighted by molar-refractivity contribution is -0.140. The van der Waals surface area contributed by atoms with Crippen molar-refractivity contribution in [2.24, 2.45) is 5.92 Å². The first-order valence-electron chi connectivity index (χ1n) is 5.32. The maximum absolute atomic E-state index is 10.8. The second kappa shape index (κ2) is 5.85. The van der Waals surface area contributed by atoms with Gasteiger partial charge in [0.2, 0.25) is 0 Å². The van der Waals surface area contributed by atoms with Crippen LogP contribution in [-0.4, -0.2) is 29.1 Å². The Morgan fingerprint density at radius 1 is 1.71 bits per heavy atom. The molecular weight excluding hydrogens is 218 g/mol. The molecule has 0 radical (unpaired) electrons. The Bertz CT molecular complexity index is 440. The predicted octanol–water partition coefficient (Wildman–Crippen LogP) is 1.44. The van der Waals surface area contributed by atoms with Gasteiger partial charge in [0.15, 0.2) is 0 Å². The van der Waals surface area contributed by atoms with Crippen LogP contribution in [0, 0.1) is 24.2 Å². The molecule has 0 spiro atoms. The van der Waals surface area contributed by atoms with Crippen molar-refractivity contribution in [1.29, 1.82) is 5.26 Å². The molecule has 0 aliphatic carbocycles. The van der Waals surface area contributed by atoms with Crippen molar-refractivity contribution in [2.75, 3.05) is 18.0 Å². The largest absolute Gasteiger partial charge is 0.481 e. The van der Waals surface area contributed by atoms with Crippen LogP contribution in [-0.2, 0) is 4.79 Å². The van der Waals surface area contributed by atoms with E-state index in [9.17, 15) is 4.79 Å². The van der Waals surface area contributed by atoms with Gasteiger partial charge < -0.3 is 10.0 Å². The van der Waals surface area contributed by atoms with Crippen molar-refractivity contribution in [3.63, 3.8) is 0 Å². The highest BCUT2D eigenvalue weighted by Crippen LogP contribution is 2.13. The van der Waals surface area contributed by atoms with Gasteiger partial charge in [-0.15, -0.1) is 0 Å². The fraction of sp³-hybridized carbons (Fsp3) is 0.417. The lowest BCUT2D eigenvalue weighted by Crippen LogP contribution is -2.32. The Hall–Kier alpha value is -2.09. The highest BCUT2D eigenvalue weighted by Gasteiger charge is 2.17. The molecule has 90 valence electrons. The first kappa shape index (κ1) is 13.0. The standard InChI is InChI=1S/C12H15N3O2/c1-9-3-5-14-11(7-9)15(6-4-13)8-10(2)12(16)17/h3,5,7,10H,6,8H2,1-2H3,(H,16,17). The molecule has 1 heterocycles. The lowest BCUT2D eigenvalue weighted by Gasteiger charge is -2.22. The van der Waals surface area contributed by atoms with Crippen molar-refractivity contribution < 1.29 is 9.90 Å². The third kappa shape index (κ3) is 3.76. The van der Waals surface area contributed by atoms with Crippen molar-refractivity contribution in [3.8, 4) is 6.07 Å². The molecule has 5 nitrogen and oxygen atoms in total. The molecule has 1 rings (SSSR count). The average Bonchev–Trinajstić information content (AvgIpc) is 2.28. The van der Waals surface area contributed by atoms with E-state index < -0.39 is 11.9 Å². The number of aliphatic carboxylic acids is 1. The van der Waals surface area contributed by atoms with Gasteiger partial charge in [-0.3, -0.25) is 4.79 Å². The van der Waals surface area contributed by atoms with E-state index >= 15 is 0 Å². The number of carboxylic acids is 1. The summed E-state index contributed by atoms with van der Waals surface area (Å²) < 4.78 is 0. The highest BCUT2D eigenvalue weighted by atomic mass is 16.4. The summed E-state index contributed by atoms with van der Waals surface area (Å²) >= 11 is 0. The van der Waals surface area contributed by atoms with E-state index in [1.54, 1.807) is 18.0 Å². The Morgan fingerprint density at radius 3 is 2.94 bits per heavy atom. The number of nitrogens with zero attached hydrogens (tertiary/aromatic N) is 3. The molecule has 1 aromatic heterocycles. The highest BCUT2D eigenvalue weighted by molar-refractivity contribution is 5.70. The molecule has 1 N–H and O–H groups in total. The minimum absolute atomic E-state index is 0.133. The molecule has 1 atom stereocenters. The van der Waals surface area contributed by atoms with E-state index in [1.807, 2.05) is 25.1 Å². The van der Waals surface area contributed by atoms with Gasteiger partial charge in [0.1, 0.15) is 12.4 Å². The van der Waals surface area contributed by atoms with E-state index in [4.69, 9.17) is 10.4 Å². The van der Waals surface area contributed by atoms with Gasteiger partial charge in [-0.05, 0) is 24.6 Å².